The summed E-state index contributed by atoms with van der Waals surface area (Å²) in [6.07, 6.45) is 3.45. The number of anilines is 1. The van der Waals surface area contributed by atoms with Gasteiger partial charge >= 0.3 is 0 Å². The highest BCUT2D eigenvalue weighted by molar-refractivity contribution is 5.94. The van der Waals surface area contributed by atoms with E-state index in [1.165, 1.54) is 12.1 Å². The lowest BCUT2D eigenvalue weighted by Crippen LogP contribution is -1.87. The van der Waals surface area contributed by atoms with Crippen molar-refractivity contribution in [2.24, 2.45) is 0 Å². The van der Waals surface area contributed by atoms with Crippen molar-refractivity contribution in [2.75, 3.05) is 5.73 Å². The van der Waals surface area contributed by atoms with Gasteiger partial charge in [-0.25, -0.2) is 4.39 Å². The Morgan fingerprint density at radius 2 is 2.06 bits per heavy atom. The smallest absolute Gasteiger partial charge is 0.123 e. The van der Waals surface area contributed by atoms with Crippen molar-refractivity contribution in [1.82, 2.24) is 9.97 Å². The van der Waals surface area contributed by atoms with Crippen LogP contribution in [0.5, 0.6) is 0 Å². The molecule has 3 aromatic rings. The number of aromatic nitrogens is 2. The average Bonchev–Trinajstić information content (AvgIpc) is 2.71. The number of nitrogens with one attached hydrogen (secondary N) is 1. The summed E-state index contributed by atoms with van der Waals surface area (Å²) >= 11 is 0. The second-order valence-electron chi connectivity index (χ2n) is 3.87. The zero-order valence-corrected chi connectivity index (χ0v) is 8.94. The quantitative estimate of drug-likeness (QED) is 0.671. The molecular formula is C13H10FN3. The van der Waals surface area contributed by atoms with Crippen molar-refractivity contribution in [3.8, 4) is 11.3 Å². The molecule has 0 aliphatic carbocycles. The van der Waals surface area contributed by atoms with Gasteiger partial charge in [0.1, 0.15) is 5.82 Å². The predicted octanol–water partition coefficient (Wildman–Crippen LogP) is 2.95. The maximum absolute atomic E-state index is 13.2. The first-order valence-corrected chi connectivity index (χ1v) is 5.22. The summed E-state index contributed by atoms with van der Waals surface area (Å²) in [7, 11) is 0. The fourth-order valence-corrected chi connectivity index (χ4v) is 1.90. The summed E-state index contributed by atoms with van der Waals surface area (Å²) in [5.41, 5.74) is 8.83. The van der Waals surface area contributed by atoms with Gasteiger partial charge in [-0.1, -0.05) is 0 Å². The molecule has 0 amide bonds. The van der Waals surface area contributed by atoms with Crippen LogP contribution in [0.25, 0.3) is 22.2 Å². The van der Waals surface area contributed by atoms with Crippen LogP contribution in [0.3, 0.4) is 0 Å². The van der Waals surface area contributed by atoms with Crippen LogP contribution in [0.1, 0.15) is 0 Å². The van der Waals surface area contributed by atoms with E-state index in [9.17, 15) is 4.39 Å². The van der Waals surface area contributed by atoms with E-state index in [0.717, 1.165) is 22.2 Å². The van der Waals surface area contributed by atoms with E-state index in [1.807, 2.05) is 6.20 Å². The lowest BCUT2D eigenvalue weighted by atomic mass is 10.1. The topological polar surface area (TPSA) is 54.7 Å². The van der Waals surface area contributed by atoms with Crippen LogP contribution in [0.2, 0.25) is 0 Å². The fraction of sp³-hybridized carbons (Fsp3) is 0. The van der Waals surface area contributed by atoms with Crippen molar-refractivity contribution in [3.63, 3.8) is 0 Å². The Bertz CT molecular complexity index is 688. The monoisotopic (exact) mass is 227 g/mol. The Morgan fingerprint density at radius 1 is 1.18 bits per heavy atom. The van der Waals surface area contributed by atoms with Gasteiger partial charge in [0.05, 0.1) is 5.69 Å². The van der Waals surface area contributed by atoms with E-state index >= 15 is 0 Å². The molecule has 4 heteroatoms. The number of rotatable bonds is 1. The molecule has 0 bridgehead atoms. The lowest BCUT2D eigenvalue weighted by molar-refractivity contribution is 0.630. The van der Waals surface area contributed by atoms with Gasteiger partial charge in [-0.2, -0.15) is 0 Å². The minimum Gasteiger partial charge on any atom is -0.399 e. The third kappa shape index (κ3) is 1.63. The van der Waals surface area contributed by atoms with E-state index < -0.39 is 0 Å². The predicted molar refractivity (Wildman–Crippen MR) is 65.9 cm³/mol. The number of nitrogen functional groups attached to an aromatic ring is 1. The Labute approximate surface area is 97.1 Å². The number of benzene rings is 1. The molecule has 0 atom stereocenters. The standard InChI is InChI=1S/C13H10FN3/c14-8-1-2-12-10(5-8)11(7-17-12)13-6-9(15)3-4-16-13/h1-7,17H,(H2,15,16). The van der Waals surface area contributed by atoms with Crippen LogP contribution < -0.4 is 5.73 Å². The molecule has 84 valence electrons. The van der Waals surface area contributed by atoms with Gasteiger partial charge in [0.15, 0.2) is 0 Å². The van der Waals surface area contributed by atoms with Crippen LogP contribution in [0.15, 0.2) is 42.7 Å². The average molecular weight is 227 g/mol. The van der Waals surface area contributed by atoms with Crippen LogP contribution >= 0.6 is 0 Å². The minimum atomic E-state index is -0.262. The van der Waals surface area contributed by atoms with Gasteiger partial charge in [0.2, 0.25) is 0 Å². The maximum Gasteiger partial charge on any atom is 0.123 e. The van der Waals surface area contributed by atoms with E-state index in [1.54, 1.807) is 24.4 Å². The van der Waals surface area contributed by atoms with Gasteiger partial charge in [0, 0.05) is 34.5 Å². The molecule has 2 aromatic heterocycles. The zero-order chi connectivity index (χ0) is 11.8. The summed E-state index contributed by atoms with van der Waals surface area (Å²) in [5.74, 6) is -0.262. The number of pyridine rings is 1. The van der Waals surface area contributed by atoms with Crippen molar-refractivity contribution in [1.29, 1.82) is 0 Å². The number of hydrogen-bond donors (Lipinski definition) is 2. The molecule has 1 aromatic carbocycles. The zero-order valence-electron chi connectivity index (χ0n) is 8.94. The van der Waals surface area contributed by atoms with E-state index in [-0.39, 0.29) is 5.82 Å². The van der Waals surface area contributed by atoms with Crippen molar-refractivity contribution in [3.05, 3.63) is 48.5 Å². The highest BCUT2D eigenvalue weighted by Gasteiger charge is 2.08. The Kier molecular flexibility index (Phi) is 2.08. The number of nitrogens with zero attached hydrogens (tertiary/aromatic N) is 1. The van der Waals surface area contributed by atoms with Crippen LogP contribution in [-0.2, 0) is 0 Å². The molecule has 0 saturated carbocycles. The van der Waals surface area contributed by atoms with Gasteiger partial charge in [-0.3, -0.25) is 4.98 Å². The highest BCUT2D eigenvalue weighted by atomic mass is 19.1. The van der Waals surface area contributed by atoms with Gasteiger partial charge in [-0.05, 0) is 30.3 Å². The molecular weight excluding hydrogens is 217 g/mol. The first-order chi connectivity index (χ1) is 8.24. The SMILES string of the molecule is Nc1ccnc(-c2c[nH]c3ccc(F)cc23)c1. The number of fused-ring (bicyclic) bond motifs is 1. The highest BCUT2D eigenvalue weighted by Crippen LogP contribution is 2.28. The van der Waals surface area contributed by atoms with E-state index in [2.05, 4.69) is 9.97 Å². The lowest BCUT2D eigenvalue weighted by Gasteiger charge is -2.00. The van der Waals surface area contributed by atoms with Crippen molar-refractivity contribution < 1.29 is 4.39 Å². The molecule has 17 heavy (non-hydrogen) atoms. The number of hydrogen-bond acceptors (Lipinski definition) is 2. The summed E-state index contributed by atoms with van der Waals surface area (Å²) < 4.78 is 13.2. The molecule has 3 rings (SSSR count). The Balaban J connectivity index is 2.27. The van der Waals surface area contributed by atoms with E-state index in [4.69, 9.17) is 5.73 Å². The van der Waals surface area contributed by atoms with Crippen molar-refractivity contribution in [2.45, 2.75) is 0 Å². The molecule has 0 radical (unpaired) electrons. The first kappa shape index (κ1) is 9.84. The molecule has 0 unspecified atom stereocenters. The number of nitrogens with two attached hydrogens (primary N) is 1. The normalized spacial score (nSPS) is 10.9. The third-order valence-corrected chi connectivity index (χ3v) is 2.70. The summed E-state index contributed by atoms with van der Waals surface area (Å²) in [5, 5.41) is 0.808. The van der Waals surface area contributed by atoms with E-state index in [0.29, 0.717) is 5.69 Å². The minimum absolute atomic E-state index is 0.262. The molecule has 3 N–H and O–H groups in total. The van der Waals surface area contributed by atoms with Crippen LogP contribution in [0, 0.1) is 5.82 Å². The first-order valence-electron chi connectivity index (χ1n) is 5.22. The summed E-state index contributed by atoms with van der Waals surface area (Å²) in [6.45, 7) is 0. The molecule has 3 nitrogen and oxygen atoms in total. The molecule has 2 heterocycles. The molecule has 0 spiro atoms. The maximum atomic E-state index is 13.2. The van der Waals surface area contributed by atoms with Gasteiger partial charge in [-0.15, -0.1) is 0 Å². The van der Waals surface area contributed by atoms with Gasteiger partial charge < -0.3 is 10.7 Å². The molecule has 0 aliphatic rings. The molecule has 0 saturated heterocycles. The molecule has 0 fully saturated rings. The second kappa shape index (κ2) is 3.59. The number of H-pyrrole nitrogens is 1. The number of halogens is 1. The Morgan fingerprint density at radius 3 is 2.88 bits per heavy atom. The van der Waals surface area contributed by atoms with Gasteiger partial charge in [0.25, 0.3) is 0 Å². The number of aromatic amines is 1. The van der Waals surface area contributed by atoms with Crippen LogP contribution in [-0.4, -0.2) is 9.97 Å². The second-order valence-corrected chi connectivity index (χ2v) is 3.87. The van der Waals surface area contributed by atoms with Crippen LogP contribution in [0.4, 0.5) is 10.1 Å². The molecule has 0 aliphatic heterocycles. The Hall–Kier alpha value is -2.36. The largest absolute Gasteiger partial charge is 0.399 e. The summed E-state index contributed by atoms with van der Waals surface area (Å²) in [6, 6.07) is 8.12. The third-order valence-electron chi connectivity index (χ3n) is 2.70. The fourth-order valence-electron chi connectivity index (χ4n) is 1.90. The summed E-state index contributed by atoms with van der Waals surface area (Å²) in [4.78, 5) is 7.33. The van der Waals surface area contributed by atoms with Crippen molar-refractivity contribution >= 4 is 16.6 Å².